The quantitative estimate of drug-likeness (QED) is 0.815. The molecule has 1 fully saturated rings. The number of halogens is 1. The molecule has 2 amide bonds. The summed E-state index contributed by atoms with van der Waals surface area (Å²) in [7, 11) is 0. The van der Waals surface area contributed by atoms with Crippen LogP contribution in [0.1, 0.15) is 23.5 Å². The van der Waals surface area contributed by atoms with Crippen molar-refractivity contribution in [2.24, 2.45) is 0 Å². The molecule has 1 aliphatic rings. The number of hydrogen-bond donors (Lipinski definition) is 0. The van der Waals surface area contributed by atoms with Crippen molar-refractivity contribution in [3.05, 3.63) is 70.7 Å². The van der Waals surface area contributed by atoms with Gasteiger partial charge < -0.3 is 0 Å². The molecule has 3 nitrogen and oxygen atoms in total. The Hall–Kier alpha value is -2.13. The summed E-state index contributed by atoms with van der Waals surface area (Å²) in [5.41, 5.74) is 1.80. The number of nitrogens with zero attached hydrogens (tertiary/aromatic N) is 1. The zero-order valence-electron chi connectivity index (χ0n) is 11.3. The molecule has 0 spiro atoms. The summed E-state index contributed by atoms with van der Waals surface area (Å²) in [4.78, 5) is 25.9. The third-order valence-corrected chi connectivity index (χ3v) is 3.95. The van der Waals surface area contributed by atoms with Crippen LogP contribution in [0.5, 0.6) is 0 Å². The van der Waals surface area contributed by atoms with Crippen LogP contribution in [0.25, 0.3) is 0 Å². The highest BCUT2D eigenvalue weighted by atomic mass is 35.5. The third-order valence-electron chi connectivity index (χ3n) is 3.70. The van der Waals surface area contributed by atoms with Gasteiger partial charge in [-0.1, -0.05) is 54.1 Å². The van der Waals surface area contributed by atoms with Gasteiger partial charge in [0, 0.05) is 11.4 Å². The molecular formula is C17H14ClNO2. The highest BCUT2D eigenvalue weighted by Crippen LogP contribution is 2.31. The van der Waals surface area contributed by atoms with Crippen molar-refractivity contribution in [1.29, 1.82) is 0 Å². The predicted octanol–water partition coefficient (Wildman–Crippen LogP) is 3.38. The molecule has 4 heteroatoms. The second kappa shape index (κ2) is 5.70. The summed E-state index contributed by atoms with van der Waals surface area (Å²) >= 11 is 5.86. The molecule has 0 saturated carbocycles. The van der Waals surface area contributed by atoms with Crippen LogP contribution in [0.3, 0.4) is 0 Å². The Kier molecular flexibility index (Phi) is 3.76. The Labute approximate surface area is 128 Å². The minimum Gasteiger partial charge on any atom is -0.278 e. The number of rotatable bonds is 3. The number of carbonyl (C=O) groups is 2. The fourth-order valence-electron chi connectivity index (χ4n) is 2.57. The molecule has 2 aromatic carbocycles. The minimum absolute atomic E-state index is 0.121. The Morgan fingerprint density at radius 1 is 1.00 bits per heavy atom. The molecule has 1 atom stereocenters. The average molecular weight is 300 g/mol. The van der Waals surface area contributed by atoms with E-state index in [-0.39, 0.29) is 18.2 Å². The smallest absolute Gasteiger partial charge is 0.237 e. The van der Waals surface area contributed by atoms with Crippen LogP contribution >= 0.6 is 11.6 Å². The molecule has 0 aliphatic carbocycles. The van der Waals surface area contributed by atoms with Gasteiger partial charge >= 0.3 is 0 Å². The van der Waals surface area contributed by atoms with Crippen molar-refractivity contribution < 1.29 is 9.59 Å². The van der Waals surface area contributed by atoms with Crippen molar-refractivity contribution in [3.8, 4) is 0 Å². The second-order valence-corrected chi connectivity index (χ2v) is 5.55. The van der Waals surface area contributed by atoms with Gasteiger partial charge in [0.15, 0.2) is 0 Å². The topological polar surface area (TPSA) is 37.4 Å². The maximum Gasteiger partial charge on any atom is 0.237 e. The Morgan fingerprint density at radius 2 is 1.67 bits per heavy atom. The number of hydrogen-bond acceptors (Lipinski definition) is 2. The fraction of sp³-hybridized carbons (Fsp3) is 0.176. The second-order valence-electron chi connectivity index (χ2n) is 5.11. The van der Waals surface area contributed by atoms with Gasteiger partial charge in [-0.25, -0.2) is 0 Å². The summed E-state index contributed by atoms with van der Waals surface area (Å²) in [5.74, 6) is -0.645. The molecular weight excluding hydrogens is 286 g/mol. The van der Waals surface area contributed by atoms with Crippen LogP contribution in [0.15, 0.2) is 54.6 Å². The van der Waals surface area contributed by atoms with Gasteiger partial charge in [-0.3, -0.25) is 14.5 Å². The normalized spacial score (nSPS) is 18.3. The van der Waals surface area contributed by atoms with Crippen molar-refractivity contribution in [3.63, 3.8) is 0 Å². The fourth-order valence-corrected chi connectivity index (χ4v) is 2.70. The van der Waals surface area contributed by atoms with Gasteiger partial charge in [0.05, 0.1) is 12.5 Å². The van der Waals surface area contributed by atoms with Crippen molar-refractivity contribution in [2.45, 2.75) is 18.9 Å². The van der Waals surface area contributed by atoms with Crippen LogP contribution < -0.4 is 0 Å². The lowest BCUT2D eigenvalue weighted by molar-refractivity contribution is -0.139. The van der Waals surface area contributed by atoms with Crippen LogP contribution in [-0.4, -0.2) is 16.7 Å². The lowest BCUT2D eigenvalue weighted by Crippen LogP contribution is -2.29. The zero-order valence-corrected chi connectivity index (χ0v) is 12.1. The lowest BCUT2D eigenvalue weighted by atomic mass is 9.98. The summed E-state index contributed by atoms with van der Waals surface area (Å²) < 4.78 is 0. The Balaban J connectivity index is 1.80. The van der Waals surface area contributed by atoms with Gasteiger partial charge in [-0.15, -0.1) is 0 Å². The van der Waals surface area contributed by atoms with Crippen LogP contribution in [0.2, 0.25) is 5.02 Å². The molecule has 0 radical (unpaired) electrons. The lowest BCUT2D eigenvalue weighted by Gasteiger charge is -2.15. The van der Waals surface area contributed by atoms with Crippen LogP contribution in [0, 0.1) is 0 Å². The maximum atomic E-state index is 12.5. The summed E-state index contributed by atoms with van der Waals surface area (Å²) in [5, 5.41) is 0.622. The number of benzene rings is 2. The van der Waals surface area contributed by atoms with Crippen LogP contribution in [0.4, 0.5) is 0 Å². The first-order valence-electron chi connectivity index (χ1n) is 6.79. The molecule has 106 valence electrons. The Morgan fingerprint density at radius 3 is 2.33 bits per heavy atom. The average Bonchev–Trinajstić information content (AvgIpc) is 2.77. The molecule has 3 rings (SSSR count). The number of carbonyl (C=O) groups excluding carboxylic acids is 2. The van der Waals surface area contributed by atoms with E-state index < -0.39 is 5.92 Å². The summed E-state index contributed by atoms with van der Waals surface area (Å²) in [6.07, 6.45) is 0.229. The number of amides is 2. The van der Waals surface area contributed by atoms with Gasteiger partial charge in [0.1, 0.15) is 0 Å². The highest BCUT2D eigenvalue weighted by molar-refractivity contribution is 6.30. The van der Waals surface area contributed by atoms with Gasteiger partial charge in [0.25, 0.3) is 0 Å². The van der Waals surface area contributed by atoms with Gasteiger partial charge in [-0.05, 0) is 23.3 Å². The summed E-state index contributed by atoms with van der Waals surface area (Å²) in [6, 6.07) is 16.6. The van der Waals surface area contributed by atoms with E-state index in [0.717, 1.165) is 11.1 Å². The molecule has 0 unspecified atom stereocenters. The van der Waals surface area contributed by atoms with Gasteiger partial charge in [0.2, 0.25) is 11.8 Å². The van der Waals surface area contributed by atoms with Gasteiger partial charge in [-0.2, -0.15) is 0 Å². The van der Waals surface area contributed by atoms with E-state index >= 15 is 0 Å². The zero-order chi connectivity index (χ0) is 14.8. The van der Waals surface area contributed by atoms with Crippen molar-refractivity contribution >= 4 is 23.4 Å². The maximum absolute atomic E-state index is 12.5. The first-order chi connectivity index (χ1) is 10.1. The van der Waals surface area contributed by atoms with E-state index in [9.17, 15) is 9.59 Å². The largest absolute Gasteiger partial charge is 0.278 e. The van der Waals surface area contributed by atoms with Crippen molar-refractivity contribution in [2.75, 3.05) is 0 Å². The monoisotopic (exact) mass is 299 g/mol. The molecule has 0 N–H and O–H groups in total. The van der Waals surface area contributed by atoms with E-state index in [0.29, 0.717) is 11.6 Å². The Bertz CT molecular complexity index is 667. The van der Waals surface area contributed by atoms with Crippen molar-refractivity contribution in [1.82, 2.24) is 4.90 Å². The highest BCUT2D eigenvalue weighted by Gasteiger charge is 2.39. The van der Waals surface area contributed by atoms with E-state index in [1.165, 1.54) is 4.90 Å². The first-order valence-corrected chi connectivity index (χ1v) is 7.16. The minimum atomic E-state index is -0.390. The van der Waals surface area contributed by atoms with Crippen LogP contribution in [-0.2, 0) is 16.1 Å². The molecule has 1 saturated heterocycles. The first kappa shape index (κ1) is 13.8. The number of likely N-dealkylation sites (tertiary alicyclic amines) is 1. The van der Waals surface area contributed by atoms with E-state index in [1.54, 1.807) is 12.1 Å². The SMILES string of the molecule is O=C1C[C@H](c2ccc(Cl)cc2)C(=O)N1Cc1ccccc1. The molecule has 21 heavy (non-hydrogen) atoms. The molecule has 0 aromatic heterocycles. The summed E-state index contributed by atoms with van der Waals surface area (Å²) in [6.45, 7) is 0.336. The molecule has 1 aliphatic heterocycles. The molecule has 0 bridgehead atoms. The number of imide groups is 1. The molecule has 1 heterocycles. The predicted molar refractivity (Wildman–Crippen MR) is 80.8 cm³/mol. The molecule has 2 aromatic rings. The van der Waals surface area contributed by atoms with E-state index in [2.05, 4.69) is 0 Å². The third kappa shape index (κ3) is 2.83. The standard InChI is InChI=1S/C17H14ClNO2/c18-14-8-6-13(7-9-14)15-10-16(20)19(17(15)21)11-12-4-2-1-3-5-12/h1-9,15H,10-11H2/t15-/m1/s1. The van der Waals surface area contributed by atoms with E-state index in [4.69, 9.17) is 11.6 Å². The van der Waals surface area contributed by atoms with E-state index in [1.807, 2.05) is 42.5 Å².